The van der Waals surface area contributed by atoms with Gasteiger partial charge >= 0.3 is 0 Å². The van der Waals surface area contributed by atoms with Gasteiger partial charge in [0.05, 0.1) is 0 Å². The van der Waals surface area contributed by atoms with E-state index in [0.717, 1.165) is 18.6 Å². The molecule has 2 heteroatoms. The molecule has 1 saturated carbocycles. The molecule has 0 aromatic heterocycles. The Morgan fingerprint density at radius 3 is 2.59 bits per heavy atom. The molecule has 2 nitrogen and oxygen atoms in total. The first kappa shape index (κ1) is 12.4. The Balaban J connectivity index is 2.07. The first-order valence-corrected chi connectivity index (χ1v) is 6.54. The van der Waals surface area contributed by atoms with Crippen molar-refractivity contribution in [2.45, 2.75) is 51.7 Å². The monoisotopic (exact) mass is 233 g/mol. The predicted octanol–water partition coefficient (Wildman–Crippen LogP) is 3.25. The number of hydrogen-bond acceptors (Lipinski definition) is 2. The minimum absolute atomic E-state index is 0.395. The largest absolute Gasteiger partial charge is 0.490 e. The molecule has 0 radical (unpaired) electrons. The van der Waals surface area contributed by atoms with Crippen LogP contribution in [0.4, 0.5) is 0 Å². The van der Waals surface area contributed by atoms with E-state index >= 15 is 0 Å². The summed E-state index contributed by atoms with van der Waals surface area (Å²) in [5.41, 5.74) is 2.59. The van der Waals surface area contributed by atoms with Crippen LogP contribution in [0.2, 0.25) is 0 Å². The van der Waals surface area contributed by atoms with Crippen LogP contribution in [0.3, 0.4) is 0 Å². The lowest BCUT2D eigenvalue weighted by atomic mass is 9.89. The van der Waals surface area contributed by atoms with Gasteiger partial charge in [-0.05, 0) is 49.9 Å². The summed E-state index contributed by atoms with van der Waals surface area (Å²) >= 11 is 0. The molecule has 94 valence electrons. The number of aryl methyl sites for hydroxylation is 1. The van der Waals surface area contributed by atoms with Crippen molar-refractivity contribution < 1.29 is 4.74 Å². The second kappa shape index (κ2) is 5.09. The molecular formula is C15H23NO. The number of benzene rings is 1. The van der Waals surface area contributed by atoms with Crippen molar-refractivity contribution in [3.05, 3.63) is 29.3 Å². The first-order valence-electron chi connectivity index (χ1n) is 6.54. The maximum Gasteiger partial charge on any atom is 0.123 e. The van der Waals surface area contributed by atoms with Crippen molar-refractivity contribution in [3.8, 4) is 5.75 Å². The van der Waals surface area contributed by atoms with E-state index in [2.05, 4.69) is 44.3 Å². The molecule has 0 aliphatic heterocycles. The minimum Gasteiger partial charge on any atom is -0.490 e. The lowest BCUT2D eigenvalue weighted by Crippen LogP contribution is -2.45. The highest BCUT2D eigenvalue weighted by molar-refractivity contribution is 5.39. The number of nitrogens with one attached hydrogen (secondary N) is 1. The maximum absolute atomic E-state index is 6.12. The molecule has 0 unspecified atom stereocenters. The molecule has 1 aromatic carbocycles. The number of hydrogen-bond donors (Lipinski definition) is 1. The van der Waals surface area contributed by atoms with Crippen LogP contribution >= 0.6 is 0 Å². The average Bonchev–Trinajstić information content (AvgIpc) is 2.22. The van der Waals surface area contributed by atoms with Gasteiger partial charge in [-0.1, -0.05) is 26.0 Å². The van der Waals surface area contributed by atoms with Crippen molar-refractivity contribution in [3.63, 3.8) is 0 Å². The lowest BCUT2D eigenvalue weighted by molar-refractivity contribution is 0.0872. The Kier molecular flexibility index (Phi) is 3.72. The molecule has 1 aliphatic carbocycles. The van der Waals surface area contributed by atoms with Crippen LogP contribution in [0.1, 0.15) is 43.7 Å². The summed E-state index contributed by atoms with van der Waals surface area (Å²) in [7, 11) is 2.02. The van der Waals surface area contributed by atoms with Gasteiger partial charge in [-0.25, -0.2) is 0 Å². The first-order chi connectivity index (χ1) is 8.10. The second-order valence-corrected chi connectivity index (χ2v) is 5.39. The van der Waals surface area contributed by atoms with Crippen molar-refractivity contribution in [1.82, 2.24) is 5.32 Å². The van der Waals surface area contributed by atoms with Gasteiger partial charge in [-0.3, -0.25) is 0 Å². The van der Waals surface area contributed by atoms with Crippen LogP contribution in [0.15, 0.2) is 18.2 Å². The smallest absolute Gasteiger partial charge is 0.123 e. The Morgan fingerprint density at radius 2 is 2.00 bits per heavy atom. The average molecular weight is 233 g/mol. The van der Waals surface area contributed by atoms with Gasteiger partial charge in [0, 0.05) is 6.04 Å². The fourth-order valence-electron chi connectivity index (χ4n) is 2.30. The molecular weight excluding hydrogens is 210 g/mol. The Morgan fingerprint density at radius 1 is 1.29 bits per heavy atom. The zero-order valence-corrected chi connectivity index (χ0v) is 11.3. The fourth-order valence-corrected chi connectivity index (χ4v) is 2.30. The van der Waals surface area contributed by atoms with Gasteiger partial charge in [0.25, 0.3) is 0 Å². The molecule has 1 fully saturated rings. The zero-order chi connectivity index (χ0) is 12.4. The molecule has 1 aromatic rings. The van der Waals surface area contributed by atoms with Crippen molar-refractivity contribution >= 4 is 0 Å². The summed E-state index contributed by atoms with van der Waals surface area (Å²) in [6.07, 6.45) is 2.65. The molecule has 0 amide bonds. The highest BCUT2D eigenvalue weighted by atomic mass is 16.5. The standard InChI is InChI=1S/C15H23NO/c1-10(2)14-6-5-11(3)7-15(14)17-13-8-12(9-13)16-4/h5-7,10,12-13,16H,8-9H2,1-4H3. The van der Waals surface area contributed by atoms with E-state index in [-0.39, 0.29) is 0 Å². The van der Waals surface area contributed by atoms with Crippen molar-refractivity contribution in [2.75, 3.05) is 7.05 Å². The van der Waals surface area contributed by atoms with E-state index in [0.29, 0.717) is 18.1 Å². The number of rotatable bonds is 4. The van der Waals surface area contributed by atoms with E-state index in [1.165, 1.54) is 11.1 Å². The molecule has 17 heavy (non-hydrogen) atoms. The summed E-state index contributed by atoms with van der Waals surface area (Å²) in [5, 5.41) is 3.29. The normalized spacial score (nSPS) is 23.6. The third-order valence-corrected chi connectivity index (χ3v) is 3.59. The van der Waals surface area contributed by atoms with Gasteiger partial charge in [0.1, 0.15) is 11.9 Å². The van der Waals surface area contributed by atoms with Gasteiger partial charge in [0.2, 0.25) is 0 Å². The lowest BCUT2D eigenvalue weighted by Gasteiger charge is -2.35. The van der Waals surface area contributed by atoms with Crippen LogP contribution in [0.5, 0.6) is 5.75 Å². The number of ether oxygens (including phenoxy) is 1. The molecule has 0 saturated heterocycles. The Hall–Kier alpha value is -1.02. The van der Waals surface area contributed by atoms with Crippen LogP contribution in [0.25, 0.3) is 0 Å². The minimum atomic E-state index is 0.395. The van der Waals surface area contributed by atoms with E-state index in [9.17, 15) is 0 Å². The topological polar surface area (TPSA) is 21.3 Å². The maximum atomic E-state index is 6.12. The predicted molar refractivity (Wildman–Crippen MR) is 71.8 cm³/mol. The van der Waals surface area contributed by atoms with E-state index in [1.807, 2.05) is 7.05 Å². The molecule has 1 N–H and O–H groups in total. The van der Waals surface area contributed by atoms with Gasteiger partial charge in [-0.2, -0.15) is 0 Å². The summed E-state index contributed by atoms with van der Waals surface area (Å²) in [6.45, 7) is 6.55. The van der Waals surface area contributed by atoms with E-state index in [4.69, 9.17) is 4.74 Å². The van der Waals surface area contributed by atoms with E-state index in [1.54, 1.807) is 0 Å². The van der Waals surface area contributed by atoms with Crippen LogP contribution in [-0.2, 0) is 0 Å². The van der Waals surface area contributed by atoms with Crippen molar-refractivity contribution in [2.24, 2.45) is 0 Å². The van der Waals surface area contributed by atoms with Gasteiger partial charge in [0.15, 0.2) is 0 Å². The summed E-state index contributed by atoms with van der Waals surface area (Å²) in [4.78, 5) is 0. The highest BCUT2D eigenvalue weighted by Gasteiger charge is 2.30. The molecule has 0 atom stereocenters. The Labute approximate surface area is 104 Å². The summed E-state index contributed by atoms with van der Waals surface area (Å²) in [5.74, 6) is 1.60. The van der Waals surface area contributed by atoms with Gasteiger partial charge < -0.3 is 10.1 Å². The molecule has 2 rings (SSSR count). The fraction of sp³-hybridized carbons (Fsp3) is 0.600. The summed E-state index contributed by atoms with van der Waals surface area (Å²) < 4.78 is 6.12. The van der Waals surface area contributed by atoms with E-state index < -0.39 is 0 Å². The third-order valence-electron chi connectivity index (χ3n) is 3.59. The van der Waals surface area contributed by atoms with Crippen molar-refractivity contribution in [1.29, 1.82) is 0 Å². The molecule has 1 aliphatic rings. The third kappa shape index (κ3) is 2.81. The quantitative estimate of drug-likeness (QED) is 0.862. The molecule has 0 bridgehead atoms. The van der Waals surface area contributed by atoms with Crippen LogP contribution in [-0.4, -0.2) is 19.2 Å². The summed E-state index contributed by atoms with van der Waals surface area (Å²) in [6, 6.07) is 7.18. The molecule has 0 spiro atoms. The highest BCUT2D eigenvalue weighted by Crippen LogP contribution is 2.32. The zero-order valence-electron chi connectivity index (χ0n) is 11.3. The SMILES string of the molecule is CNC1CC(Oc2cc(C)ccc2C(C)C)C1. The van der Waals surface area contributed by atoms with Crippen LogP contribution in [0, 0.1) is 6.92 Å². The van der Waals surface area contributed by atoms with Gasteiger partial charge in [-0.15, -0.1) is 0 Å². The molecule has 0 heterocycles. The Bertz CT molecular complexity index is 381. The van der Waals surface area contributed by atoms with Crippen LogP contribution < -0.4 is 10.1 Å². The second-order valence-electron chi connectivity index (χ2n) is 5.39.